The number of anilines is 1. The van der Waals surface area contributed by atoms with Crippen molar-refractivity contribution in [2.75, 3.05) is 18.5 Å². The number of fused-ring (bicyclic) bond motifs is 2. The number of hydrogen-bond donors (Lipinski definition) is 0. The molecule has 0 spiro atoms. The van der Waals surface area contributed by atoms with Gasteiger partial charge in [-0.25, -0.2) is 0 Å². The summed E-state index contributed by atoms with van der Waals surface area (Å²) in [5, 5.41) is 0. The minimum Gasteiger partial charge on any atom is -0.469 e. The average Bonchev–Trinajstić information content (AvgIpc) is 3.66. The van der Waals surface area contributed by atoms with Crippen molar-refractivity contribution in [3.63, 3.8) is 0 Å². The highest BCUT2D eigenvalue weighted by Crippen LogP contribution is 2.51. The Labute approximate surface area is 213 Å². The lowest BCUT2D eigenvalue weighted by molar-refractivity contribution is -0.401. The molecule has 0 aliphatic carbocycles. The number of likely N-dealkylation sites (N-methyl/N-ethyl adjacent to an activating group) is 1. The number of furan rings is 2. The van der Waals surface area contributed by atoms with Crippen LogP contribution in [0.2, 0.25) is 0 Å². The maximum Gasteiger partial charge on any atom is 0.209 e. The van der Waals surface area contributed by atoms with Gasteiger partial charge in [0.2, 0.25) is 5.69 Å². The highest BCUT2D eigenvalue weighted by Gasteiger charge is 2.50. The van der Waals surface area contributed by atoms with Gasteiger partial charge in [0, 0.05) is 53.9 Å². The van der Waals surface area contributed by atoms with E-state index in [1.165, 1.54) is 33.9 Å². The number of para-hydroxylation sites is 2. The van der Waals surface area contributed by atoms with Gasteiger partial charge in [-0.3, -0.25) is 0 Å². The molecule has 4 nitrogen and oxygen atoms in total. The number of nitrogens with zero attached hydrogens (tertiary/aromatic N) is 2. The van der Waals surface area contributed by atoms with Crippen LogP contribution >= 0.6 is 0 Å². The second-order valence-corrected chi connectivity index (χ2v) is 10.4. The first-order chi connectivity index (χ1) is 17.5. The van der Waals surface area contributed by atoms with Crippen molar-refractivity contribution < 1.29 is 13.4 Å². The smallest absolute Gasteiger partial charge is 0.209 e. The average molecular weight is 478 g/mol. The first kappa shape index (κ1) is 22.7. The lowest BCUT2D eigenvalue weighted by atomic mass is 9.73. The third-order valence-corrected chi connectivity index (χ3v) is 8.24. The molecule has 0 N–H and O–H groups in total. The molecule has 4 heterocycles. The molecule has 2 aliphatic rings. The van der Waals surface area contributed by atoms with E-state index >= 15 is 0 Å². The van der Waals surface area contributed by atoms with Crippen LogP contribution in [0.3, 0.4) is 0 Å². The van der Waals surface area contributed by atoms with E-state index in [0.29, 0.717) is 0 Å². The van der Waals surface area contributed by atoms with Crippen molar-refractivity contribution >= 4 is 17.1 Å². The van der Waals surface area contributed by atoms with Crippen LogP contribution in [-0.2, 0) is 23.7 Å². The van der Waals surface area contributed by atoms with Gasteiger partial charge in [-0.05, 0) is 56.7 Å². The van der Waals surface area contributed by atoms with Crippen molar-refractivity contribution in [1.82, 2.24) is 0 Å². The van der Waals surface area contributed by atoms with Crippen molar-refractivity contribution in [2.24, 2.45) is 0 Å². The molecule has 0 saturated carbocycles. The van der Waals surface area contributed by atoms with Gasteiger partial charge in [0.25, 0.3) is 0 Å². The van der Waals surface area contributed by atoms with Crippen molar-refractivity contribution in [3.8, 4) is 0 Å². The molecule has 0 bridgehead atoms. The molecule has 2 unspecified atom stereocenters. The molecule has 2 atom stereocenters. The zero-order valence-electron chi connectivity index (χ0n) is 21.5. The Hall–Kier alpha value is -3.79. The molecule has 182 valence electrons. The van der Waals surface area contributed by atoms with Crippen LogP contribution in [0.5, 0.6) is 0 Å². The molecule has 36 heavy (non-hydrogen) atoms. The molecule has 0 saturated heterocycles. The van der Waals surface area contributed by atoms with Gasteiger partial charge >= 0.3 is 0 Å². The Kier molecular flexibility index (Phi) is 5.29. The number of rotatable bonds is 6. The van der Waals surface area contributed by atoms with Crippen LogP contribution < -0.4 is 4.90 Å². The quantitative estimate of drug-likeness (QED) is 0.280. The lowest BCUT2D eigenvalue weighted by Gasteiger charge is -2.30. The molecule has 6 rings (SSSR count). The van der Waals surface area contributed by atoms with E-state index < -0.39 is 0 Å². The van der Waals surface area contributed by atoms with E-state index in [-0.39, 0.29) is 10.8 Å². The first-order valence-corrected chi connectivity index (χ1v) is 12.8. The zero-order chi connectivity index (χ0) is 24.9. The summed E-state index contributed by atoms with van der Waals surface area (Å²) in [6.07, 6.45) is 7.60. The van der Waals surface area contributed by atoms with Gasteiger partial charge < -0.3 is 13.7 Å². The van der Waals surface area contributed by atoms with Crippen LogP contribution in [0.25, 0.3) is 0 Å². The molecule has 0 amide bonds. The van der Waals surface area contributed by atoms with Crippen LogP contribution in [0.15, 0.2) is 106 Å². The summed E-state index contributed by atoms with van der Waals surface area (Å²) >= 11 is 0. The topological polar surface area (TPSA) is 32.5 Å². The zero-order valence-corrected chi connectivity index (χ0v) is 21.5. The Morgan fingerprint density at radius 1 is 0.778 bits per heavy atom. The highest BCUT2D eigenvalue weighted by molar-refractivity contribution is 6.05. The summed E-state index contributed by atoms with van der Waals surface area (Å²) in [7, 11) is 2.20. The third kappa shape index (κ3) is 3.31. The van der Waals surface area contributed by atoms with Gasteiger partial charge in [-0.15, -0.1) is 0 Å². The molecule has 2 aliphatic heterocycles. The van der Waals surface area contributed by atoms with Gasteiger partial charge in [-0.2, -0.15) is 4.58 Å². The van der Waals surface area contributed by atoms with E-state index in [0.717, 1.165) is 30.9 Å². The Morgan fingerprint density at radius 2 is 1.39 bits per heavy atom. The molecular weight excluding hydrogens is 444 g/mol. The molecular formula is C32H33N2O2+. The van der Waals surface area contributed by atoms with Gasteiger partial charge in [0.1, 0.15) is 18.6 Å². The fourth-order valence-electron chi connectivity index (χ4n) is 6.47. The normalized spacial score (nSPS) is 24.0. The van der Waals surface area contributed by atoms with Crippen LogP contribution in [-0.4, -0.2) is 23.9 Å². The van der Waals surface area contributed by atoms with Crippen LogP contribution in [0, 0.1) is 0 Å². The van der Waals surface area contributed by atoms with Gasteiger partial charge in [0.05, 0.1) is 17.9 Å². The van der Waals surface area contributed by atoms with Crippen molar-refractivity contribution in [3.05, 3.63) is 120 Å². The van der Waals surface area contributed by atoms with Gasteiger partial charge in [0.15, 0.2) is 5.71 Å². The molecule has 2 aromatic carbocycles. The first-order valence-electron chi connectivity index (χ1n) is 12.8. The van der Waals surface area contributed by atoms with Crippen molar-refractivity contribution in [2.45, 2.75) is 44.4 Å². The Morgan fingerprint density at radius 3 is 2.03 bits per heavy atom. The fourth-order valence-corrected chi connectivity index (χ4v) is 6.47. The minimum absolute atomic E-state index is 0.224. The largest absolute Gasteiger partial charge is 0.469 e. The predicted octanol–water partition coefficient (Wildman–Crippen LogP) is 7.03. The second-order valence-electron chi connectivity index (χ2n) is 10.4. The number of allylic oxidation sites excluding steroid dienone is 2. The molecule has 4 aromatic rings. The minimum atomic E-state index is -0.226. The van der Waals surface area contributed by atoms with E-state index in [2.05, 4.69) is 104 Å². The van der Waals surface area contributed by atoms with Gasteiger partial charge in [-0.1, -0.05) is 36.4 Å². The molecule has 2 aromatic heterocycles. The Balaban J connectivity index is 1.56. The summed E-state index contributed by atoms with van der Waals surface area (Å²) in [5.41, 5.74) is 7.36. The number of hydrogen-bond acceptors (Lipinski definition) is 3. The summed E-state index contributed by atoms with van der Waals surface area (Å²) in [5.74, 6) is 2.00. The standard InChI is InChI=1S/C32H33N2O2/c1-5-34-28-17-9-7-15-26(28)32(3,22-24-13-11-19-36-24)30(34)20-29-31(2,21-23-12-10-18-35-23)25-14-6-8-16-27(25)33(29)4/h6-20H,5,21-22H2,1-4H3/q+1. The molecule has 0 fully saturated rings. The molecule has 0 radical (unpaired) electrons. The predicted molar refractivity (Wildman–Crippen MR) is 144 cm³/mol. The second kappa shape index (κ2) is 8.41. The SMILES string of the molecule is CCN1C(=CC2=[N+](C)c3ccccc3C2(C)Cc2ccco2)C(C)(Cc2ccco2)c2ccccc21. The maximum atomic E-state index is 5.87. The lowest BCUT2D eigenvalue weighted by Crippen LogP contribution is -2.37. The fraction of sp³-hybridized carbons (Fsp3) is 0.281. The monoisotopic (exact) mass is 477 g/mol. The third-order valence-electron chi connectivity index (χ3n) is 8.24. The summed E-state index contributed by atoms with van der Waals surface area (Å²) in [6.45, 7) is 7.85. The summed E-state index contributed by atoms with van der Waals surface area (Å²) in [4.78, 5) is 2.48. The van der Waals surface area contributed by atoms with Crippen molar-refractivity contribution in [1.29, 1.82) is 0 Å². The van der Waals surface area contributed by atoms with E-state index in [4.69, 9.17) is 8.83 Å². The van der Waals surface area contributed by atoms with Crippen LogP contribution in [0.4, 0.5) is 11.4 Å². The summed E-state index contributed by atoms with van der Waals surface area (Å²) < 4.78 is 14.1. The van der Waals surface area contributed by atoms with E-state index in [1.807, 2.05) is 12.1 Å². The summed E-state index contributed by atoms with van der Waals surface area (Å²) in [6, 6.07) is 25.7. The van der Waals surface area contributed by atoms with Crippen LogP contribution in [0.1, 0.15) is 43.4 Å². The highest BCUT2D eigenvalue weighted by atomic mass is 16.3. The van der Waals surface area contributed by atoms with E-state index in [1.54, 1.807) is 12.5 Å². The maximum absolute atomic E-state index is 5.87. The molecule has 4 heteroatoms. The van der Waals surface area contributed by atoms with E-state index in [9.17, 15) is 0 Å². The Bertz CT molecular complexity index is 1460. The number of benzene rings is 2.